The number of aromatic nitrogens is 1. The lowest BCUT2D eigenvalue weighted by molar-refractivity contribution is -0.140. The molecule has 6 heteroatoms. The maximum Gasteiger partial charge on any atom is 0.229 e. The normalized spacial score (nSPS) is 16.4. The minimum absolute atomic E-state index is 0.142. The van der Waals surface area contributed by atoms with E-state index in [0.29, 0.717) is 6.54 Å². The predicted molar refractivity (Wildman–Crippen MR) is 83.6 cm³/mol. The summed E-state index contributed by atoms with van der Waals surface area (Å²) in [6.45, 7) is 7.23. The van der Waals surface area contributed by atoms with E-state index in [1.165, 1.54) is 0 Å². The zero-order chi connectivity index (χ0) is 14.8. The predicted octanol–water partition coefficient (Wildman–Crippen LogP) is 1.48. The highest BCUT2D eigenvalue weighted by Gasteiger charge is 2.32. The Morgan fingerprint density at radius 2 is 2.00 bits per heavy atom. The summed E-state index contributed by atoms with van der Waals surface area (Å²) < 4.78 is 0.972. The number of carbonyl (C=O) groups is 1. The van der Waals surface area contributed by atoms with E-state index in [1.807, 2.05) is 30.9 Å². The minimum atomic E-state index is -0.474. The Kier molecular flexibility index (Phi) is 4.65. The zero-order valence-electron chi connectivity index (χ0n) is 12.0. The first-order valence-electron chi connectivity index (χ1n) is 6.80. The second kappa shape index (κ2) is 6.10. The second-order valence-electron chi connectivity index (χ2n) is 5.70. The summed E-state index contributed by atoms with van der Waals surface area (Å²) in [5, 5.41) is 0. The molecule has 1 aliphatic heterocycles. The lowest BCUT2D eigenvalue weighted by atomic mass is 9.91. The van der Waals surface area contributed by atoms with Gasteiger partial charge in [-0.2, -0.15) is 0 Å². The van der Waals surface area contributed by atoms with Crippen LogP contribution < -0.4 is 10.6 Å². The molecule has 0 aliphatic carbocycles. The number of carbonyl (C=O) groups excluding carboxylic acids is 1. The van der Waals surface area contributed by atoms with Crippen molar-refractivity contribution < 1.29 is 4.79 Å². The van der Waals surface area contributed by atoms with Crippen LogP contribution >= 0.6 is 15.9 Å². The number of hydrogen-bond acceptors (Lipinski definition) is 4. The Balaban J connectivity index is 1.96. The largest absolute Gasteiger partial charge is 0.353 e. The summed E-state index contributed by atoms with van der Waals surface area (Å²) in [5.41, 5.74) is 5.20. The first kappa shape index (κ1) is 15.3. The van der Waals surface area contributed by atoms with Crippen LogP contribution in [0.3, 0.4) is 0 Å². The fourth-order valence-electron chi connectivity index (χ4n) is 2.21. The summed E-state index contributed by atoms with van der Waals surface area (Å²) in [5.74, 6) is 1.10. The van der Waals surface area contributed by atoms with E-state index < -0.39 is 5.41 Å². The number of amides is 1. The molecule has 2 N–H and O–H groups in total. The van der Waals surface area contributed by atoms with Crippen molar-refractivity contribution in [3.63, 3.8) is 0 Å². The second-order valence-corrected chi connectivity index (χ2v) is 6.62. The van der Waals surface area contributed by atoms with Crippen molar-refractivity contribution in [3.8, 4) is 0 Å². The van der Waals surface area contributed by atoms with Gasteiger partial charge in [-0.3, -0.25) is 4.79 Å². The Morgan fingerprint density at radius 1 is 1.35 bits per heavy atom. The maximum absolute atomic E-state index is 12.3. The van der Waals surface area contributed by atoms with Crippen LogP contribution in [0, 0.1) is 5.41 Å². The first-order valence-corrected chi connectivity index (χ1v) is 7.59. The first-order chi connectivity index (χ1) is 9.44. The summed E-state index contributed by atoms with van der Waals surface area (Å²) in [7, 11) is 0. The van der Waals surface area contributed by atoms with E-state index in [2.05, 4.69) is 25.8 Å². The topological polar surface area (TPSA) is 62.5 Å². The molecule has 0 saturated carbocycles. The van der Waals surface area contributed by atoms with E-state index in [-0.39, 0.29) is 5.91 Å². The molecule has 1 fully saturated rings. The molecule has 0 atom stereocenters. The molecule has 0 bridgehead atoms. The average molecular weight is 341 g/mol. The SMILES string of the molecule is CC(C)(CN)C(=O)N1CCN(c2ccc(Br)cn2)CC1. The van der Waals surface area contributed by atoms with Crippen molar-refractivity contribution >= 4 is 27.7 Å². The summed E-state index contributed by atoms with van der Waals surface area (Å²) >= 11 is 3.38. The summed E-state index contributed by atoms with van der Waals surface area (Å²) in [4.78, 5) is 20.8. The van der Waals surface area contributed by atoms with Crippen LogP contribution in [0.25, 0.3) is 0 Å². The molecule has 2 rings (SSSR count). The lowest BCUT2D eigenvalue weighted by Gasteiger charge is -2.38. The molecule has 0 aromatic carbocycles. The number of piperazine rings is 1. The maximum atomic E-state index is 12.3. The summed E-state index contributed by atoms with van der Waals surface area (Å²) in [6, 6.07) is 3.97. The molecule has 2 heterocycles. The van der Waals surface area contributed by atoms with Gasteiger partial charge in [0.05, 0.1) is 5.41 Å². The van der Waals surface area contributed by atoms with Crippen LogP contribution in [-0.2, 0) is 4.79 Å². The van der Waals surface area contributed by atoms with Gasteiger partial charge >= 0.3 is 0 Å². The van der Waals surface area contributed by atoms with Crippen molar-refractivity contribution in [1.29, 1.82) is 0 Å². The van der Waals surface area contributed by atoms with Crippen LogP contribution in [0.5, 0.6) is 0 Å². The quantitative estimate of drug-likeness (QED) is 0.905. The van der Waals surface area contributed by atoms with Crippen LogP contribution in [-0.4, -0.2) is 48.5 Å². The molecule has 0 unspecified atom stereocenters. The molecule has 1 aromatic rings. The van der Waals surface area contributed by atoms with E-state index in [0.717, 1.165) is 36.5 Å². The highest BCUT2D eigenvalue weighted by molar-refractivity contribution is 9.10. The Labute approximate surface area is 128 Å². The smallest absolute Gasteiger partial charge is 0.229 e. The third-order valence-corrected chi connectivity index (χ3v) is 4.16. The van der Waals surface area contributed by atoms with Gasteiger partial charge in [-0.25, -0.2) is 4.98 Å². The van der Waals surface area contributed by atoms with Gasteiger partial charge in [-0.1, -0.05) is 0 Å². The highest BCUT2D eigenvalue weighted by atomic mass is 79.9. The number of nitrogens with zero attached hydrogens (tertiary/aromatic N) is 3. The van der Waals surface area contributed by atoms with Gasteiger partial charge in [-0.15, -0.1) is 0 Å². The number of halogens is 1. The standard InChI is InChI=1S/C14H21BrN4O/c1-14(2,10-16)13(20)19-7-5-18(6-8-19)12-4-3-11(15)9-17-12/h3-4,9H,5-8,10,16H2,1-2H3. The Hall–Kier alpha value is -1.14. The van der Waals surface area contributed by atoms with E-state index >= 15 is 0 Å². The molecule has 1 aromatic heterocycles. The fraction of sp³-hybridized carbons (Fsp3) is 0.571. The number of rotatable bonds is 3. The monoisotopic (exact) mass is 340 g/mol. The number of pyridine rings is 1. The van der Waals surface area contributed by atoms with Gasteiger partial charge in [0.1, 0.15) is 5.82 Å². The Morgan fingerprint density at radius 3 is 2.50 bits per heavy atom. The molecule has 1 aliphatic rings. The molecule has 5 nitrogen and oxygen atoms in total. The Bertz CT molecular complexity index is 467. The van der Waals surface area contributed by atoms with Crippen molar-refractivity contribution in [1.82, 2.24) is 9.88 Å². The van der Waals surface area contributed by atoms with E-state index in [4.69, 9.17) is 5.73 Å². The van der Waals surface area contributed by atoms with Gasteiger partial charge in [0.25, 0.3) is 0 Å². The van der Waals surface area contributed by atoms with Crippen molar-refractivity contribution in [2.45, 2.75) is 13.8 Å². The van der Waals surface area contributed by atoms with E-state index in [9.17, 15) is 4.79 Å². The van der Waals surface area contributed by atoms with E-state index in [1.54, 1.807) is 6.20 Å². The van der Waals surface area contributed by atoms with Crippen LogP contribution in [0.2, 0.25) is 0 Å². The van der Waals surface area contributed by atoms with Crippen molar-refractivity contribution in [2.75, 3.05) is 37.6 Å². The molecule has 0 radical (unpaired) electrons. The third kappa shape index (κ3) is 3.30. The van der Waals surface area contributed by atoms with Gasteiger partial charge < -0.3 is 15.5 Å². The molecule has 1 amide bonds. The number of hydrogen-bond donors (Lipinski definition) is 1. The highest BCUT2D eigenvalue weighted by Crippen LogP contribution is 2.20. The number of anilines is 1. The molecule has 1 saturated heterocycles. The van der Waals surface area contributed by atoms with Crippen molar-refractivity contribution in [2.24, 2.45) is 11.1 Å². The van der Waals surface area contributed by atoms with Crippen LogP contribution in [0.1, 0.15) is 13.8 Å². The zero-order valence-corrected chi connectivity index (χ0v) is 13.6. The van der Waals surface area contributed by atoms with Gasteiger partial charge in [-0.05, 0) is 41.9 Å². The van der Waals surface area contributed by atoms with Crippen LogP contribution in [0.4, 0.5) is 5.82 Å². The van der Waals surface area contributed by atoms with Crippen LogP contribution in [0.15, 0.2) is 22.8 Å². The van der Waals surface area contributed by atoms with Crippen molar-refractivity contribution in [3.05, 3.63) is 22.8 Å². The van der Waals surface area contributed by atoms with Gasteiger partial charge in [0.2, 0.25) is 5.91 Å². The third-order valence-electron chi connectivity index (χ3n) is 3.69. The minimum Gasteiger partial charge on any atom is -0.353 e. The van der Waals surface area contributed by atoms with Gasteiger partial charge in [0.15, 0.2) is 0 Å². The number of nitrogens with two attached hydrogens (primary N) is 1. The molecule has 110 valence electrons. The molecular weight excluding hydrogens is 320 g/mol. The fourth-order valence-corrected chi connectivity index (χ4v) is 2.44. The van der Waals surface area contributed by atoms with Gasteiger partial charge in [0, 0.05) is 43.4 Å². The molecule has 20 heavy (non-hydrogen) atoms. The summed E-state index contributed by atoms with van der Waals surface area (Å²) in [6.07, 6.45) is 1.80. The average Bonchev–Trinajstić information content (AvgIpc) is 2.47. The lowest BCUT2D eigenvalue weighted by Crippen LogP contribution is -2.53. The molecular formula is C14H21BrN4O. The molecule has 0 spiro atoms.